The third kappa shape index (κ3) is 2.22. The molecule has 20 heavy (non-hydrogen) atoms. The van der Waals surface area contributed by atoms with Gasteiger partial charge in [0.2, 0.25) is 11.8 Å². The van der Waals surface area contributed by atoms with Crippen molar-refractivity contribution in [2.45, 2.75) is 0 Å². The van der Waals surface area contributed by atoms with Gasteiger partial charge in [-0.3, -0.25) is 10.5 Å². The van der Waals surface area contributed by atoms with E-state index in [0.29, 0.717) is 16.8 Å². The van der Waals surface area contributed by atoms with Crippen LogP contribution in [0.2, 0.25) is 5.02 Å². The minimum absolute atomic E-state index is 0.0443. The molecule has 3 aromatic rings. The average Bonchev–Trinajstić information content (AvgIpc) is 2.91. The number of nitrogen functional groups attached to an aromatic ring is 1. The quantitative estimate of drug-likeness (QED) is 0.506. The van der Waals surface area contributed by atoms with E-state index in [4.69, 9.17) is 22.2 Å². The summed E-state index contributed by atoms with van der Waals surface area (Å²) in [6.45, 7) is 0. The van der Waals surface area contributed by atoms with Crippen molar-refractivity contribution in [3.63, 3.8) is 0 Å². The minimum atomic E-state index is -0.528. The van der Waals surface area contributed by atoms with E-state index in [1.807, 2.05) is 0 Å². The molecule has 3 rings (SSSR count). The van der Waals surface area contributed by atoms with Gasteiger partial charge in [-0.15, -0.1) is 0 Å². The van der Waals surface area contributed by atoms with Crippen molar-refractivity contribution in [3.8, 4) is 11.6 Å². The molecule has 0 bridgehead atoms. The molecule has 0 radical (unpaired) electrons. The molecule has 0 aliphatic heterocycles. The lowest BCUT2D eigenvalue weighted by atomic mass is 10.3. The number of H-pyrrole nitrogens is 1. The van der Waals surface area contributed by atoms with Gasteiger partial charge in [-0.05, 0) is 12.1 Å². The van der Waals surface area contributed by atoms with Gasteiger partial charge >= 0.3 is 0 Å². The van der Waals surface area contributed by atoms with Gasteiger partial charge in [0.15, 0.2) is 5.65 Å². The monoisotopic (exact) mass is 294 g/mol. The number of aromatic nitrogens is 4. The van der Waals surface area contributed by atoms with E-state index >= 15 is 0 Å². The Kier molecular flexibility index (Phi) is 3.09. The fourth-order valence-electron chi connectivity index (χ4n) is 1.60. The summed E-state index contributed by atoms with van der Waals surface area (Å²) in [6.07, 6.45) is 1.51. The highest BCUT2D eigenvalue weighted by Gasteiger charge is 2.12. The molecule has 7 nitrogen and oxygen atoms in total. The molecule has 0 aliphatic rings. The van der Waals surface area contributed by atoms with Crippen LogP contribution >= 0.6 is 11.6 Å². The molecule has 9 heteroatoms. The first kappa shape index (κ1) is 12.6. The summed E-state index contributed by atoms with van der Waals surface area (Å²) >= 11 is 5.70. The maximum Gasteiger partial charge on any atom is 0.242 e. The molecular formula is C11H8ClFN6O. The molecule has 102 valence electrons. The summed E-state index contributed by atoms with van der Waals surface area (Å²) in [7, 11) is 0. The summed E-state index contributed by atoms with van der Waals surface area (Å²) in [5, 5.41) is 7.04. The Morgan fingerprint density at radius 1 is 1.35 bits per heavy atom. The van der Waals surface area contributed by atoms with E-state index in [0.717, 1.165) is 0 Å². The van der Waals surface area contributed by atoms with Gasteiger partial charge in [-0.1, -0.05) is 11.6 Å². The van der Waals surface area contributed by atoms with E-state index in [9.17, 15) is 4.39 Å². The number of hydrogen-bond donors (Lipinski definition) is 3. The molecule has 0 saturated heterocycles. The van der Waals surface area contributed by atoms with Crippen molar-refractivity contribution in [3.05, 3.63) is 35.2 Å². The highest BCUT2D eigenvalue weighted by Crippen LogP contribution is 2.29. The fraction of sp³-hybridized carbons (Fsp3) is 0. The second-order valence-electron chi connectivity index (χ2n) is 3.81. The second kappa shape index (κ2) is 4.91. The van der Waals surface area contributed by atoms with Crippen molar-refractivity contribution in [2.24, 2.45) is 5.84 Å². The molecule has 0 atom stereocenters. The van der Waals surface area contributed by atoms with Gasteiger partial charge in [0.1, 0.15) is 17.0 Å². The maximum atomic E-state index is 13.1. The molecule has 0 spiro atoms. The smallest absolute Gasteiger partial charge is 0.242 e. The number of fused-ring (bicyclic) bond motifs is 1. The third-order valence-electron chi connectivity index (χ3n) is 2.51. The van der Waals surface area contributed by atoms with Gasteiger partial charge in [-0.2, -0.15) is 15.1 Å². The Balaban J connectivity index is 2.04. The normalized spacial score (nSPS) is 10.8. The van der Waals surface area contributed by atoms with Crippen LogP contribution in [0, 0.1) is 5.82 Å². The Morgan fingerprint density at radius 2 is 2.20 bits per heavy atom. The number of halogens is 2. The van der Waals surface area contributed by atoms with Crippen molar-refractivity contribution in [2.75, 3.05) is 5.43 Å². The van der Waals surface area contributed by atoms with E-state index in [1.54, 1.807) is 0 Å². The lowest BCUT2D eigenvalue weighted by Crippen LogP contribution is -2.10. The number of rotatable bonds is 3. The number of anilines is 1. The third-order valence-corrected chi connectivity index (χ3v) is 2.80. The van der Waals surface area contributed by atoms with Crippen molar-refractivity contribution >= 4 is 28.6 Å². The lowest BCUT2D eigenvalue weighted by Gasteiger charge is -2.07. The molecule has 0 saturated carbocycles. The highest BCUT2D eigenvalue weighted by molar-refractivity contribution is 6.30. The molecule has 1 aromatic carbocycles. The maximum absolute atomic E-state index is 13.1. The first-order chi connectivity index (χ1) is 9.67. The Morgan fingerprint density at radius 3 is 2.95 bits per heavy atom. The molecule has 2 aromatic heterocycles. The van der Waals surface area contributed by atoms with Crippen LogP contribution in [0.25, 0.3) is 11.0 Å². The van der Waals surface area contributed by atoms with E-state index in [1.165, 1.54) is 24.4 Å². The predicted molar refractivity (Wildman–Crippen MR) is 71.0 cm³/mol. The van der Waals surface area contributed by atoms with E-state index < -0.39 is 5.82 Å². The molecular weight excluding hydrogens is 287 g/mol. The summed E-state index contributed by atoms with van der Waals surface area (Å²) in [5.74, 6) is 5.46. The van der Waals surface area contributed by atoms with Gasteiger partial charge < -0.3 is 4.74 Å². The van der Waals surface area contributed by atoms with Crippen LogP contribution in [0.1, 0.15) is 0 Å². The van der Waals surface area contributed by atoms with Gasteiger partial charge in [-0.25, -0.2) is 10.2 Å². The van der Waals surface area contributed by atoms with Crippen LogP contribution in [0.3, 0.4) is 0 Å². The number of benzene rings is 1. The Hall–Kier alpha value is -2.45. The number of nitrogens with two attached hydrogens (primary N) is 1. The van der Waals surface area contributed by atoms with Crippen LogP contribution in [-0.4, -0.2) is 20.2 Å². The molecule has 0 amide bonds. The van der Waals surface area contributed by atoms with Gasteiger partial charge in [0.25, 0.3) is 0 Å². The van der Waals surface area contributed by atoms with E-state index in [2.05, 4.69) is 25.6 Å². The summed E-state index contributed by atoms with van der Waals surface area (Å²) < 4.78 is 18.7. The number of hydrazine groups is 1. The predicted octanol–water partition coefficient (Wildman–Crippen LogP) is 2.22. The summed E-state index contributed by atoms with van der Waals surface area (Å²) in [4.78, 5) is 8.13. The first-order valence-corrected chi connectivity index (χ1v) is 5.86. The topological polar surface area (TPSA) is 102 Å². The minimum Gasteiger partial charge on any atom is -0.438 e. The van der Waals surface area contributed by atoms with Crippen molar-refractivity contribution < 1.29 is 9.13 Å². The molecule has 0 unspecified atom stereocenters. The average molecular weight is 295 g/mol. The molecule has 0 fully saturated rings. The number of hydrogen-bond acceptors (Lipinski definition) is 6. The molecule has 0 aliphatic carbocycles. The first-order valence-electron chi connectivity index (χ1n) is 5.48. The van der Waals surface area contributed by atoms with Crippen LogP contribution < -0.4 is 16.0 Å². The van der Waals surface area contributed by atoms with Crippen LogP contribution in [0.15, 0.2) is 24.4 Å². The van der Waals surface area contributed by atoms with Crippen molar-refractivity contribution in [1.29, 1.82) is 0 Å². The van der Waals surface area contributed by atoms with Crippen LogP contribution in [-0.2, 0) is 0 Å². The van der Waals surface area contributed by atoms with E-state index in [-0.39, 0.29) is 16.9 Å². The number of nitrogens with zero attached hydrogens (tertiary/aromatic N) is 3. The van der Waals surface area contributed by atoms with Crippen molar-refractivity contribution in [1.82, 2.24) is 20.2 Å². The SMILES string of the molecule is NNc1nc(Oc2ccc(F)c(Cl)c2)c2cn[nH]c2n1. The number of aromatic amines is 1. The standard InChI is InChI=1S/C11H8ClFN6O/c12-7-3-5(1-2-8(7)13)20-10-6-4-15-19-9(6)16-11(17-10)18-14/h1-4H,14H2,(H2,15,16,17,18,19). The molecule has 2 heterocycles. The fourth-order valence-corrected chi connectivity index (χ4v) is 1.77. The number of nitrogens with one attached hydrogen (secondary N) is 2. The van der Waals surface area contributed by atoms with Gasteiger partial charge in [0, 0.05) is 6.07 Å². The summed E-state index contributed by atoms with van der Waals surface area (Å²) in [5.41, 5.74) is 2.77. The highest BCUT2D eigenvalue weighted by atomic mass is 35.5. The zero-order chi connectivity index (χ0) is 14.1. The largest absolute Gasteiger partial charge is 0.438 e. The number of ether oxygens (including phenoxy) is 1. The van der Waals surface area contributed by atoms with Crippen LogP contribution in [0.5, 0.6) is 11.6 Å². The van der Waals surface area contributed by atoms with Crippen LogP contribution in [0.4, 0.5) is 10.3 Å². The summed E-state index contributed by atoms with van der Waals surface area (Å²) in [6, 6.07) is 3.98. The Bertz CT molecular complexity index is 777. The lowest BCUT2D eigenvalue weighted by molar-refractivity contribution is 0.467. The second-order valence-corrected chi connectivity index (χ2v) is 4.21. The zero-order valence-electron chi connectivity index (χ0n) is 9.89. The zero-order valence-corrected chi connectivity index (χ0v) is 10.6. The van der Waals surface area contributed by atoms with Gasteiger partial charge in [0.05, 0.1) is 11.2 Å². The Labute approximate surface area is 116 Å². The molecule has 4 N–H and O–H groups in total.